The number of carbonyl (C=O) groups is 1. The van der Waals surface area contributed by atoms with E-state index in [1.54, 1.807) is 6.20 Å². The molecule has 1 aromatic rings. The molecule has 4 nitrogen and oxygen atoms in total. The zero-order chi connectivity index (χ0) is 12.3. The molecule has 1 saturated carbocycles. The van der Waals surface area contributed by atoms with Crippen LogP contribution in [0, 0.1) is 23.7 Å². The van der Waals surface area contributed by atoms with Crippen molar-refractivity contribution in [3.63, 3.8) is 0 Å². The van der Waals surface area contributed by atoms with Gasteiger partial charge in [-0.25, -0.2) is 4.98 Å². The number of carbonyl (C=O) groups excluding carboxylic acids is 1. The maximum atomic E-state index is 12.2. The topological polar surface area (TPSA) is 65.8 Å². The molecule has 5 heteroatoms. The zero-order valence-electron chi connectivity index (χ0n) is 9.82. The standard InChI is InChI=1S/C12H15N3OS/c1-9-7-14-11(17-9)15-10(16)12(8-13)5-3-2-4-6-12/h7H,2-6H2,1H3,(H,14,15,16). The first kappa shape index (κ1) is 12.1. The Bertz CT molecular complexity index is 455. The van der Waals surface area contributed by atoms with Crippen LogP contribution in [0.15, 0.2) is 6.20 Å². The number of anilines is 1. The lowest BCUT2D eigenvalue weighted by Crippen LogP contribution is -2.36. The Hall–Kier alpha value is -1.41. The first-order valence-electron chi connectivity index (χ1n) is 5.81. The molecule has 1 aliphatic rings. The number of nitrogens with zero attached hydrogens (tertiary/aromatic N) is 2. The second kappa shape index (κ2) is 4.84. The van der Waals surface area contributed by atoms with Crippen LogP contribution in [0.1, 0.15) is 37.0 Å². The number of amides is 1. The van der Waals surface area contributed by atoms with Gasteiger partial charge in [-0.05, 0) is 19.8 Å². The minimum Gasteiger partial charge on any atom is -0.301 e. The van der Waals surface area contributed by atoms with E-state index in [4.69, 9.17) is 0 Å². The van der Waals surface area contributed by atoms with Crippen LogP contribution in [0.5, 0.6) is 0 Å². The fourth-order valence-electron chi connectivity index (χ4n) is 2.17. The normalized spacial score (nSPS) is 18.4. The molecule has 0 aromatic carbocycles. The van der Waals surface area contributed by atoms with E-state index in [0.29, 0.717) is 18.0 Å². The van der Waals surface area contributed by atoms with Crippen molar-refractivity contribution in [3.8, 4) is 6.07 Å². The summed E-state index contributed by atoms with van der Waals surface area (Å²) >= 11 is 1.44. The van der Waals surface area contributed by atoms with Crippen molar-refractivity contribution in [1.82, 2.24) is 4.98 Å². The monoisotopic (exact) mass is 249 g/mol. The average Bonchev–Trinajstić information content (AvgIpc) is 2.75. The van der Waals surface area contributed by atoms with Crippen LogP contribution in [0.25, 0.3) is 0 Å². The van der Waals surface area contributed by atoms with Gasteiger partial charge >= 0.3 is 0 Å². The predicted octanol–water partition coefficient (Wildman–Crippen LogP) is 2.86. The summed E-state index contributed by atoms with van der Waals surface area (Å²) in [6.45, 7) is 1.94. The third kappa shape index (κ3) is 2.47. The molecule has 0 atom stereocenters. The summed E-state index contributed by atoms with van der Waals surface area (Å²) < 4.78 is 0. The summed E-state index contributed by atoms with van der Waals surface area (Å²) in [5.74, 6) is -0.186. The van der Waals surface area contributed by atoms with Gasteiger partial charge in [-0.15, -0.1) is 11.3 Å². The Labute approximate surface area is 105 Å². The van der Waals surface area contributed by atoms with Gasteiger partial charge in [-0.3, -0.25) is 4.79 Å². The minimum atomic E-state index is -0.835. The van der Waals surface area contributed by atoms with Crippen molar-refractivity contribution in [2.75, 3.05) is 5.32 Å². The van der Waals surface area contributed by atoms with Crippen molar-refractivity contribution in [2.45, 2.75) is 39.0 Å². The van der Waals surface area contributed by atoms with Crippen molar-refractivity contribution in [3.05, 3.63) is 11.1 Å². The van der Waals surface area contributed by atoms with E-state index < -0.39 is 5.41 Å². The third-order valence-electron chi connectivity index (χ3n) is 3.20. The lowest BCUT2D eigenvalue weighted by atomic mass is 9.74. The van der Waals surface area contributed by atoms with Crippen molar-refractivity contribution >= 4 is 22.4 Å². The van der Waals surface area contributed by atoms with Crippen LogP contribution in [-0.2, 0) is 4.79 Å². The molecule has 17 heavy (non-hydrogen) atoms. The highest BCUT2D eigenvalue weighted by molar-refractivity contribution is 7.15. The van der Waals surface area contributed by atoms with E-state index in [1.807, 2.05) is 6.92 Å². The highest BCUT2D eigenvalue weighted by atomic mass is 32.1. The summed E-state index contributed by atoms with van der Waals surface area (Å²) in [6, 6.07) is 2.21. The van der Waals surface area contributed by atoms with E-state index >= 15 is 0 Å². The highest BCUT2D eigenvalue weighted by Crippen LogP contribution is 2.37. The quantitative estimate of drug-likeness (QED) is 0.876. The van der Waals surface area contributed by atoms with Gasteiger partial charge in [0, 0.05) is 11.1 Å². The summed E-state index contributed by atoms with van der Waals surface area (Å²) in [5, 5.41) is 12.6. The summed E-state index contributed by atoms with van der Waals surface area (Å²) in [5.41, 5.74) is -0.835. The molecule has 90 valence electrons. The second-order valence-electron chi connectivity index (χ2n) is 4.48. The van der Waals surface area contributed by atoms with Gasteiger partial charge in [-0.2, -0.15) is 5.26 Å². The van der Waals surface area contributed by atoms with Crippen molar-refractivity contribution in [2.24, 2.45) is 5.41 Å². The summed E-state index contributed by atoms with van der Waals surface area (Å²) in [4.78, 5) is 17.3. The minimum absolute atomic E-state index is 0.186. The molecule has 0 saturated heterocycles. The zero-order valence-corrected chi connectivity index (χ0v) is 10.6. The van der Waals surface area contributed by atoms with E-state index in [1.165, 1.54) is 11.3 Å². The highest BCUT2D eigenvalue weighted by Gasteiger charge is 2.40. The Balaban J connectivity index is 2.10. The van der Waals surface area contributed by atoms with Gasteiger partial charge in [0.05, 0.1) is 6.07 Å². The molecule has 1 N–H and O–H groups in total. The Kier molecular flexibility index (Phi) is 3.43. The predicted molar refractivity (Wildman–Crippen MR) is 66.6 cm³/mol. The largest absolute Gasteiger partial charge is 0.301 e. The molecule has 1 amide bonds. The van der Waals surface area contributed by atoms with Gasteiger partial charge in [0.25, 0.3) is 0 Å². The van der Waals surface area contributed by atoms with Crippen molar-refractivity contribution < 1.29 is 4.79 Å². The number of rotatable bonds is 2. The van der Waals surface area contributed by atoms with E-state index in [9.17, 15) is 10.1 Å². The molecular formula is C12H15N3OS. The number of aryl methyl sites for hydroxylation is 1. The first-order chi connectivity index (χ1) is 8.16. The van der Waals surface area contributed by atoms with E-state index in [-0.39, 0.29) is 5.91 Å². The summed E-state index contributed by atoms with van der Waals surface area (Å²) in [6.07, 6.45) is 6.09. The van der Waals surface area contributed by atoms with Gasteiger partial charge in [0.15, 0.2) is 5.13 Å². The third-order valence-corrected chi connectivity index (χ3v) is 4.03. The Morgan fingerprint density at radius 2 is 2.24 bits per heavy atom. The fraction of sp³-hybridized carbons (Fsp3) is 0.583. The molecule has 0 spiro atoms. The van der Waals surface area contributed by atoms with Crippen LogP contribution < -0.4 is 5.32 Å². The lowest BCUT2D eigenvalue weighted by Gasteiger charge is -2.28. The molecule has 1 heterocycles. The number of nitriles is 1. The number of thiazole rings is 1. The average molecular weight is 249 g/mol. The first-order valence-corrected chi connectivity index (χ1v) is 6.63. The molecule has 1 aliphatic carbocycles. The number of nitrogens with one attached hydrogen (secondary N) is 1. The lowest BCUT2D eigenvalue weighted by molar-refractivity contribution is -0.124. The smallest absolute Gasteiger partial charge is 0.246 e. The maximum absolute atomic E-state index is 12.2. The van der Waals surface area contributed by atoms with Crippen LogP contribution >= 0.6 is 11.3 Å². The Morgan fingerprint density at radius 1 is 1.53 bits per heavy atom. The number of hydrogen-bond donors (Lipinski definition) is 1. The molecule has 0 bridgehead atoms. The van der Waals surface area contributed by atoms with Gasteiger partial charge in [0.1, 0.15) is 5.41 Å². The van der Waals surface area contributed by atoms with Gasteiger partial charge < -0.3 is 5.32 Å². The van der Waals surface area contributed by atoms with E-state index in [0.717, 1.165) is 24.1 Å². The van der Waals surface area contributed by atoms with Crippen molar-refractivity contribution in [1.29, 1.82) is 5.26 Å². The van der Waals surface area contributed by atoms with Gasteiger partial charge in [-0.1, -0.05) is 19.3 Å². The van der Waals surface area contributed by atoms with Gasteiger partial charge in [0.2, 0.25) is 5.91 Å². The molecule has 1 aromatic heterocycles. The number of hydrogen-bond acceptors (Lipinski definition) is 4. The second-order valence-corrected chi connectivity index (χ2v) is 5.72. The Morgan fingerprint density at radius 3 is 2.76 bits per heavy atom. The van der Waals surface area contributed by atoms with Crippen LogP contribution in [0.4, 0.5) is 5.13 Å². The molecule has 2 rings (SSSR count). The van der Waals surface area contributed by atoms with Crippen LogP contribution in [0.3, 0.4) is 0 Å². The molecule has 1 fully saturated rings. The number of aromatic nitrogens is 1. The fourth-order valence-corrected chi connectivity index (χ4v) is 2.83. The molecule has 0 unspecified atom stereocenters. The van der Waals surface area contributed by atoms with E-state index in [2.05, 4.69) is 16.4 Å². The molecule has 0 radical (unpaired) electrons. The maximum Gasteiger partial charge on any atom is 0.246 e. The SMILES string of the molecule is Cc1cnc(NC(=O)C2(C#N)CCCCC2)s1. The van der Waals surface area contributed by atoms with Crippen LogP contribution in [-0.4, -0.2) is 10.9 Å². The molecule has 0 aliphatic heterocycles. The van der Waals surface area contributed by atoms with Crippen LogP contribution in [0.2, 0.25) is 0 Å². The molecular weight excluding hydrogens is 234 g/mol. The summed E-state index contributed by atoms with van der Waals surface area (Å²) in [7, 11) is 0.